The van der Waals surface area contributed by atoms with Gasteiger partial charge in [-0.1, -0.05) is 76.9 Å². The summed E-state index contributed by atoms with van der Waals surface area (Å²) in [6.07, 6.45) is 16.9. The van der Waals surface area contributed by atoms with Crippen molar-refractivity contribution in [2.24, 2.45) is 0 Å². The van der Waals surface area contributed by atoms with Gasteiger partial charge in [0.05, 0.1) is 13.2 Å². The highest BCUT2D eigenvalue weighted by atomic mass is 31.2. The molecular weight excluding hydrogens is 525 g/mol. The van der Waals surface area contributed by atoms with E-state index in [0.29, 0.717) is 6.42 Å². The molecule has 0 spiro atoms. The molecule has 0 aromatic carbocycles. The SMILES string of the molecule is CCCCCCCC/C=C\CCCCCCCCOP(=O)(O)OC[C@H]1O[C@@H](n2ccc(N)nc2=O)[C@@H](O)[C@@H]1O. The molecular formula is C27H48N3O8P. The first-order valence-corrected chi connectivity index (χ1v) is 15.9. The highest BCUT2D eigenvalue weighted by Crippen LogP contribution is 2.44. The lowest BCUT2D eigenvalue weighted by molar-refractivity contribution is -0.0551. The summed E-state index contributed by atoms with van der Waals surface area (Å²) >= 11 is 0. The number of nitrogens with two attached hydrogens (primary N) is 1. The van der Waals surface area contributed by atoms with Crippen LogP contribution in [0.3, 0.4) is 0 Å². The maximum absolute atomic E-state index is 12.2. The molecule has 1 aliphatic heterocycles. The van der Waals surface area contributed by atoms with Crippen LogP contribution in [0.1, 0.15) is 103 Å². The number of aliphatic hydroxyl groups excluding tert-OH is 2. The van der Waals surface area contributed by atoms with Crippen LogP contribution >= 0.6 is 7.82 Å². The molecule has 0 saturated carbocycles. The smallest absolute Gasteiger partial charge is 0.387 e. The van der Waals surface area contributed by atoms with E-state index >= 15 is 0 Å². The highest BCUT2D eigenvalue weighted by molar-refractivity contribution is 7.47. The molecule has 1 aromatic heterocycles. The summed E-state index contributed by atoms with van der Waals surface area (Å²) in [5.74, 6) is 0.00399. The Hall–Kier alpha value is -1.59. The number of anilines is 1. The first-order chi connectivity index (χ1) is 18.7. The molecule has 12 heteroatoms. The number of hydrogen-bond donors (Lipinski definition) is 4. The van der Waals surface area contributed by atoms with Crippen LogP contribution < -0.4 is 11.4 Å². The molecule has 224 valence electrons. The molecule has 0 amide bonds. The fourth-order valence-electron chi connectivity index (χ4n) is 4.45. The Morgan fingerprint density at radius 1 is 0.974 bits per heavy atom. The summed E-state index contributed by atoms with van der Waals surface area (Å²) in [4.78, 5) is 25.5. The van der Waals surface area contributed by atoms with Crippen molar-refractivity contribution in [1.29, 1.82) is 0 Å². The van der Waals surface area contributed by atoms with Crippen molar-refractivity contribution in [2.75, 3.05) is 18.9 Å². The van der Waals surface area contributed by atoms with Gasteiger partial charge < -0.3 is 25.6 Å². The molecule has 5 N–H and O–H groups in total. The number of ether oxygens (including phenoxy) is 1. The largest absolute Gasteiger partial charge is 0.472 e. The normalized spacial score (nSPS) is 23.0. The third kappa shape index (κ3) is 13.1. The molecule has 1 fully saturated rings. The minimum Gasteiger partial charge on any atom is -0.387 e. The maximum atomic E-state index is 12.2. The molecule has 0 radical (unpaired) electrons. The van der Waals surface area contributed by atoms with E-state index in [9.17, 15) is 24.5 Å². The van der Waals surface area contributed by atoms with Crippen LogP contribution in [-0.2, 0) is 18.3 Å². The molecule has 1 saturated heterocycles. The Morgan fingerprint density at radius 3 is 2.18 bits per heavy atom. The summed E-state index contributed by atoms with van der Waals surface area (Å²) < 4.78 is 28.6. The van der Waals surface area contributed by atoms with Gasteiger partial charge in [-0.2, -0.15) is 4.98 Å². The van der Waals surface area contributed by atoms with Crippen molar-refractivity contribution >= 4 is 13.6 Å². The van der Waals surface area contributed by atoms with E-state index in [4.69, 9.17) is 19.5 Å². The maximum Gasteiger partial charge on any atom is 0.472 e. The quantitative estimate of drug-likeness (QED) is 0.0926. The molecule has 5 atom stereocenters. The van der Waals surface area contributed by atoms with Crippen LogP contribution in [0.15, 0.2) is 29.2 Å². The average molecular weight is 574 g/mol. The second-order valence-corrected chi connectivity index (χ2v) is 11.6. The van der Waals surface area contributed by atoms with Crippen molar-refractivity contribution < 1.29 is 33.5 Å². The lowest BCUT2D eigenvalue weighted by atomic mass is 10.1. The van der Waals surface area contributed by atoms with Crippen LogP contribution in [0.5, 0.6) is 0 Å². The van der Waals surface area contributed by atoms with Crippen LogP contribution in [0, 0.1) is 0 Å². The van der Waals surface area contributed by atoms with Gasteiger partial charge >= 0.3 is 13.5 Å². The molecule has 2 heterocycles. The van der Waals surface area contributed by atoms with Crippen molar-refractivity contribution in [3.63, 3.8) is 0 Å². The van der Waals surface area contributed by atoms with Gasteiger partial charge in [0.2, 0.25) is 0 Å². The lowest BCUT2D eigenvalue weighted by Gasteiger charge is -2.17. The Morgan fingerprint density at radius 2 is 1.56 bits per heavy atom. The minimum atomic E-state index is -4.37. The third-order valence-electron chi connectivity index (χ3n) is 6.78. The van der Waals surface area contributed by atoms with E-state index in [1.54, 1.807) is 0 Å². The molecule has 0 bridgehead atoms. The molecule has 1 aliphatic rings. The molecule has 11 nitrogen and oxygen atoms in total. The standard InChI is InChI=1S/C27H48N3O8P/c1-2-3-4-5-6-7-8-9-10-11-12-13-14-15-16-17-20-36-39(34,35)37-21-22-24(31)25(32)26(38-22)30-19-18-23(28)29-27(30)33/h9-10,18-19,22,24-26,31-32H,2-8,11-17,20-21H2,1H3,(H,34,35)(H2,28,29,33)/b10-9-/t22-,24-,25+,26-/m1/s1. The Labute approximate surface area is 232 Å². The first-order valence-electron chi connectivity index (χ1n) is 14.4. The monoisotopic (exact) mass is 573 g/mol. The summed E-state index contributed by atoms with van der Waals surface area (Å²) in [6.45, 7) is 1.80. The van der Waals surface area contributed by atoms with Crippen LogP contribution in [0.2, 0.25) is 0 Å². The van der Waals surface area contributed by atoms with Gasteiger partial charge in [0, 0.05) is 6.20 Å². The van der Waals surface area contributed by atoms with Gasteiger partial charge in [0.1, 0.15) is 24.1 Å². The molecule has 1 aromatic rings. The van der Waals surface area contributed by atoms with Crippen molar-refractivity contribution in [3.05, 3.63) is 34.9 Å². The zero-order chi connectivity index (χ0) is 28.5. The second kappa shape index (κ2) is 18.7. The minimum absolute atomic E-state index is 0.00399. The predicted octanol–water partition coefficient (Wildman–Crippen LogP) is 4.62. The average Bonchev–Trinajstić information content (AvgIpc) is 3.18. The number of nitrogens with zero attached hydrogens (tertiary/aromatic N) is 2. The molecule has 39 heavy (non-hydrogen) atoms. The number of phosphoric ester groups is 1. The van der Waals surface area contributed by atoms with Crippen molar-refractivity contribution in [2.45, 2.75) is 121 Å². The summed E-state index contributed by atoms with van der Waals surface area (Å²) in [6, 6.07) is 1.35. The number of allylic oxidation sites excluding steroid dienone is 2. The van der Waals surface area contributed by atoms with Gasteiger partial charge in [-0.05, 0) is 38.2 Å². The number of phosphoric acid groups is 1. The van der Waals surface area contributed by atoms with Gasteiger partial charge in [0.15, 0.2) is 6.23 Å². The second-order valence-electron chi connectivity index (χ2n) is 10.1. The van der Waals surface area contributed by atoms with Crippen LogP contribution in [0.25, 0.3) is 0 Å². The molecule has 2 rings (SSSR count). The Kier molecular flexibility index (Phi) is 16.1. The number of aromatic nitrogens is 2. The predicted molar refractivity (Wildman–Crippen MR) is 150 cm³/mol. The van der Waals surface area contributed by atoms with Gasteiger partial charge in [-0.25, -0.2) is 9.36 Å². The lowest BCUT2D eigenvalue weighted by Crippen LogP contribution is -2.36. The fraction of sp³-hybridized carbons (Fsp3) is 0.778. The Balaban J connectivity index is 1.50. The number of aliphatic hydroxyl groups is 2. The topological polar surface area (TPSA) is 166 Å². The highest BCUT2D eigenvalue weighted by Gasteiger charge is 2.45. The van der Waals surface area contributed by atoms with E-state index in [1.165, 1.54) is 70.1 Å². The van der Waals surface area contributed by atoms with Gasteiger partial charge in [-0.15, -0.1) is 0 Å². The van der Waals surface area contributed by atoms with Crippen molar-refractivity contribution in [3.8, 4) is 0 Å². The van der Waals surface area contributed by atoms with E-state index < -0.39 is 44.7 Å². The number of rotatable bonds is 21. The van der Waals surface area contributed by atoms with Crippen LogP contribution in [-0.4, -0.2) is 56.2 Å². The number of unbranched alkanes of at least 4 members (excludes halogenated alkanes) is 12. The first kappa shape index (κ1) is 33.6. The molecule has 0 aliphatic carbocycles. The van der Waals surface area contributed by atoms with Gasteiger partial charge in [0.25, 0.3) is 0 Å². The van der Waals surface area contributed by atoms with Crippen LogP contribution in [0.4, 0.5) is 5.82 Å². The zero-order valence-corrected chi connectivity index (χ0v) is 24.1. The number of nitrogen functional groups attached to an aromatic ring is 1. The van der Waals surface area contributed by atoms with E-state index in [-0.39, 0.29) is 12.4 Å². The van der Waals surface area contributed by atoms with E-state index in [1.807, 2.05) is 0 Å². The van der Waals surface area contributed by atoms with E-state index in [0.717, 1.165) is 30.3 Å². The number of hydrogen-bond acceptors (Lipinski definition) is 9. The van der Waals surface area contributed by atoms with E-state index in [2.05, 4.69) is 24.1 Å². The summed E-state index contributed by atoms with van der Waals surface area (Å²) in [5, 5.41) is 20.5. The fourth-order valence-corrected chi connectivity index (χ4v) is 5.22. The zero-order valence-electron chi connectivity index (χ0n) is 23.2. The third-order valence-corrected chi connectivity index (χ3v) is 7.76. The summed E-state index contributed by atoms with van der Waals surface area (Å²) in [7, 11) is -4.37. The van der Waals surface area contributed by atoms with Gasteiger partial charge in [-0.3, -0.25) is 13.6 Å². The summed E-state index contributed by atoms with van der Waals surface area (Å²) in [5.41, 5.74) is 4.70. The van der Waals surface area contributed by atoms with Crippen molar-refractivity contribution in [1.82, 2.24) is 9.55 Å². The Bertz CT molecular complexity index is 944. The molecule has 1 unspecified atom stereocenters.